The van der Waals surface area contributed by atoms with E-state index in [2.05, 4.69) is 12.1 Å². The molecule has 1 rings (SSSR count). The Morgan fingerprint density at radius 3 is 1.72 bits per heavy atom. The normalized spacial score (nSPS) is 16.4. The van der Waals surface area contributed by atoms with Gasteiger partial charge in [0.1, 0.15) is 0 Å². The molecule has 4 unspecified atom stereocenters. The third-order valence-electron chi connectivity index (χ3n) is 3.74. The van der Waals surface area contributed by atoms with E-state index in [0.717, 1.165) is 6.42 Å². The molecule has 0 aliphatic heterocycles. The van der Waals surface area contributed by atoms with Gasteiger partial charge in [0, 0.05) is 0 Å². The summed E-state index contributed by atoms with van der Waals surface area (Å²) in [7, 11) is 0. The Morgan fingerprint density at radius 2 is 1.20 bits per heavy atom. The number of aliphatic hydroxyl groups is 1. The number of rotatable bonds is 14. The van der Waals surface area contributed by atoms with Gasteiger partial charge in [-0.05, 0) is 39.7 Å². The highest BCUT2D eigenvalue weighted by Gasteiger charge is 2.11. The van der Waals surface area contributed by atoms with Crippen LogP contribution in [0.25, 0.3) is 0 Å². The van der Waals surface area contributed by atoms with Gasteiger partial charge in [-0.15, -0.1) is 0 Å². The van der Waals surface area contributed by atoms with Crippen LogP contribution in [0.2, 0.25) is 0 Å². The second-order valence-corrected chi connectivity index (χ2v) is 6.53. The fourth-order valence-corrected chi connectivity index (χ4v) is 2.12. The molecule has 5 heteroatoms. The summed E-state index contributed by atoms with van der Waals surface area (Å²) in [6, 6.07) is 10.3. The fourth-order valence-electron chi connectivity index (χ4n) is 2.12. The summed E-state index contributed by atoms with van der Waals surface area (Å²) in [5.74, 6) is 0. The van der Waals surface area contributed by atoms with Crippen molar-refractivity contribution >= 4 is 0 Å². The highest BCUT2D eigenvalue weighted by molar-refractivity contribution is 5.14. The van der Waals surface area contributed by atoms with Gasteiger partial charge in [-0.1, -0.05) is 30.3 Å². The Morgan fingerprint density at radius 1 is 0.720 bits per heavy atom. The SMILES string of the molecule is CC(CO)OCC(C)OCC(C)OCC(C)OCCc1ccccc1. The smallest absolute Gasteiger partial charge is 0.0781 e. The van der Waals surface area contributed by atoms with Crippen molar-refractivity contribution in [3.05, 3.63) is 35.9 Å². The maximum atomic E-state index is 8.92. The van der Waals surface area contributed by atoms with E-state index in [1.54, 1.807) is 0 Å². The van der Waals surface area contributed by atoms with Gasteiger partial charge in [0.25, 0.3) is 0 Å². The van der Waals surface area contributed by atoms with E-state index in [0.29, 0.717) is 26.4 Å². The van der Waals surface area contributed by atoms with E-state index >= 15 is 0 Å². The average Bonchev–Trinajstić information content (AvgIpc) is 2.63. The summed E-state index contributed by atoms with van der Waals surface area (Å²) in [5.41, 5.74) is 1.28. The van der Waals surface area contributed by atoms with Gasteiger partial charge in [-0.3, -0.25) is 0 Å². The second kappa shape index (κ2) is 13.3. The Balaban J connectivity index is 2.05. The minimum absolute atomic E-state index is 0.00195. The molecular formula is C20H34O5. The van der Waals surface area contributed by atoms with E-state index < -0.39 is 0 Å². The number of ether oxygens (including phenoxy) is 4. The Labute approximate surface area is 152 Å². The summed E-state index contributed by atoms with van der Waals surface area (Å²) < 4.78 is 22.7. The molecule has 5 nitrogen and oxygen atoms in total. The van der Waals surface area contributed by atoms with Crippen LogP contribution in [0.1, 0.15) is 33.3 Å². The topological polar surface area (TPSA) is 57.2 Å². The molecule has 1 aromatic carbocycles. The first-order chi connectivity index (χ1) is 12.0. The number of aliphatic hydroxyl groups excluding tert-OH is 1. The molecule has 0 fully saturated rings. The molecule has 0 aliphatic rings. The van der Waals surface area contributed by atoms with Gasteiger partial charge >= 0.3 is 0 Å². The maximum absolute atomic E-state index is 8.92. The van der Waals surface area contributed by atoms with Crippen molar-refractivity contribution in [1.82, 2.24) is 0 Å². The predicted octanol–water partition coefficient (Wildman–Crippen LogP) is 2.84. The van der Waals surface area contributed by atoms with Crippen molar-refractivity contribution in [2.75, 3.05) is 33.0 Å². The zero-order valence-corrected chi connectivity index (χ0v) is 16.0. The quantitative estimate of drug-likeness (QED) is 0.557. The van der Waals surface area contributed by atoms with Crippen LogP contribution >= 0.6 is 0 Å². The lowest BCUT2D eigenvalue weighted by Gasteiger charge is -2.21. The molecule has 0 heterocycles. The molecule has 25 heavy (non-hydrogen) atoms. The van der Waals surface area contributed by atoms with Crippen molar-refractivity contribution < 1.29 is 24.1 Å². The molecular weight excluding hydrogens is 320 g/mol. The predicted molar refractivity (Wildman–Crippen MR) is 98.9 cm³/mol. The minimum atomic E-state index is -0.159. The van der Waals surface area contributed by atoms with Gasteiger partial charge in [-0.2, -0.15) is 0 Å². The third-order valence-corrected chi connectivity index (χ3v) is 3.74. The van der Waals surface area contributed by atoms with Crippen LogP contribution in [-0.4, -0.2) is 62.6 Å². The molecule has 0 saturated carbocycles. The van der Waals surface area contributed by atoms with Crippen LogP contribution in [-0.2, 0) is 25.4 Å². The van der Waals surface area contributed by atoms with E-state index in [1.807, 2.05) is 45.9 Å². The van der Waals surface area contributed by atoms with E-state index in [9.17, 15) is 0 Å². The van der Waals surface area contributed by atoms with E-state index in [-0.39, 0.29) is 31.0 Å². The minimum Gasteiger partial charge on any atom is -0.394 e. The van der Waals surface area contributed by atoms with E-state index in [1.165, 1.54) is 5.56 Å². The first-order valence-electron chi connectivity index (χ1n) is 9.12. The van der Waals surface area contributed by atoms with Crippen LogP contribution < -0.4 is 0 Å². The average molecular weight is 354 g/mol. The molecule has 144 valence electrons. The Hall–Kier alpha value is -0.980. The molecule has 0 spiro atoms. The molecule has 0 saturated heterocycles. The van der Waals surface area contributed by atoms with Crippen molar-refractivity contribution in [2.24, 2.45) is 0 Å². The van der Waals surface area contributed by atoms with Crippen LogP contribution in [0, 0.1) is 0 Å². The van der Waals surface area contributed by atoms with Crippen LogP contribution in [0.5, 0.6) is 0 Å². The first kappa shape index (κ1) is 22.1. The highest BCUT2D eigenvalue weighted by atomic mass is 16.6. The summed E-state index contributed by atoms with van der Waals surface area (Å²) >= 11 is 0. The maximum Gasteiger partial charge on any atom is 0.0781 e. The molecule has 1 N–H and O–H groups in total. The zero-order chi connectivity index (χ0) is 18.5. The third kappa shape index (κ3) is 11.3. The van der Waals surface area contributed by atoms with Gasteiger partial charge in [0.2, 0.25) is 0 Å². The van der Waals surface area contributed by atoms with Gasteiger partial charge in [0.05, 0.1) is 57.5 Å². The number of benzene rings is 1. The lowest BCUT2D eigenvalue weighted by molar-refractivity contribution is -0.0888. The first-order valence-corrected chi connectivity index (χ1v) is 9.12. The summed E-state index contributed by atoms with van der Waals surface area (Å²) in [5, 5.41) is 8.92. The number of hydrogen-bond acceptors (Lipinski definition) is 5. The second-order valence-electron chi connectivity index (χ2n) is 6.53. The highest BCUT2D eigenvalue weighted by Crippen LogP contribution is 2.04. The van der Waals surface area contributed by atoms with Crippen molar-refractivity contribution in [3.8, 4) is 0 Å². The standard InChI is InChI=1S/C20H34O5/c1-16(12-21)23-14-18(3)25-15-19(4)24-13-17(2)22-11-10-20-8-6-5-7-9-20/h5-9,16-19,21H,10-15H2,1-4H3. The van der Waals surface area contributed by atoms with Crippen LogP contribution in [0.15, 0.2) is 30.3 Å². The number of hydrogen-bond donors (Lipinski definition) is 1. The lowest BCUT2D eigenvalue weighted by Crippen LogP contribution is -2.28. The Kier molecular flexibility index (Phi) is 11.7. The molecule has 1 aromatic rings. The molecule has 0 amide bonds. The summed E-state index contributed by atoms with van der Waals surface area (Å²) in [6.45, 7) is 10.0. The molecule has 4 atom stereocenters. The molecule has 0 radical (unpaired) electrons. The van der Waals surface area contributed by atoms with Crippen molar-refractivity contribution in [3.63, 3.8) is 0 Å². The summed E-state index contributed by atoms with van der Waals surface area (Å²) in [4.78, 5) is 0. The largest absolute Gasteiger partial charge is 0.394 e. The fraction of sp³-hybridized carbons (Fsp3) is 0.700. The monoisotopic (exact) mass is 354 g/mol. The van der Waals surface area contributed by atoms with Crippen LogP contribution in [0.4, 0.5) is 0 Å². The van der Waals surface area contributed by atoms with E-state index in [4.69, 9.17) is 24.1 Å². The molecule has 0 aromatic heterocycles. The van der Waals surface area contributed by atoms with Gasteiger partial charge < -0.3 is 24.1 Å². The molecule has 0 bridgehead atoms. The summed E-state index contributed by atoms with van der Waals surface area (Å²) in [6.07, 6.45) is 0.775. The van der Waals surface area contributed by atoms with Crippen molar-refractivity contribution in [1.29, 1.82) is 0 Å². The van der Waals surface area contributed by atoms with Crippen molar-refractivity contribution in [2.45, 2.75) is 58.5 Å². The van der Waals surface area contributed by atoms with Gasteiger partial charge in [-0.25, -0.2) is 0 Å². The molecule has 0 aliphatic carbocycles. The Bertz CT molecular complexity index is 425. The lowest BCUT2D eigenvalue weighted by atomic mass is 10.2. The zero-order valence-electron chi connectivity index (χ0n) is 16.0. The van der Waals surface area contributed by atoms with Gasteiger partial charge in [0.15, 0.2) is 0 Å². The van der Waals surface area contributed by atoms with Crippen LogP contribution in [0.3, 0.4) is 0 Å².